The number of carbonyl (C=O) groups excluding carboxylic acids is 1. The average Bonchev–Trinajstić information content (AvgIpc) is 2.44. The molecular weight excluding hydrogens is 288 g/mol. The summed E-state index contributed by atoms with van der Waals surface area (Å²) in [5.41, 5.74) is 1.30. The zero-order valence-corrected chi connectivity index (χ0v) is 11.2. The lowest BCUT2D eigenvalue weighted by atomic mass is 10.0. The maximum atomic E-state index is 13.0. The number of halogens is 4. The van der Waals surface area contributed by atoms with Crippen LogP contribution >= 0.6 is 0 Å². The molecule has 1 aromatic rings. The summed E-state index contributed by atoms with van der Waals surface area (Å²) < 4.78 is 49.3. The normalized spacial score (nSPS) is 15.8. The Morgan fingerprint density at radius 1 is 1.33 bits per heavy atom. The fourth-order valence-electron chi connectivity index (χ4n) is 2.12. The van der Waals surface area contributed by atoms with E-state index in [0.717, 1.165) is 5.57 Å². The maximum Gasteiger partial charge on any atom is 0.389 e. The van der Waals surface area contributed by atoms with Crippen molar-refractivity contribution >= 4 is 11.5 Å². The molecule has 2 heterocycles. The number of carbonyl (C=O) groups is 1. The van der Waals surface area contributed by atoms with Crippen LogP contribution in [0.3, 0.4) is 0 Å². The van der Waals surface area contributed by atoms with E-state index < -0.39 is 30.9 Å². The molecule has 0 radical (unpaired) electrons. The summed E-state index contributed by atoms with van der Waals surface area (Å²) in [7, 11) is 0. The van der Waals surface area contributed by atoms with Gasteiger partial charge < -0.3 is 4.90 Å². The van der Waals surface area contributed by atoms with Gasteiger partial charge in [0.15, 0.2) is 0 Å². The van der Waals surface area contributed by atoms with Crippen LogP contribution < -0.4 is 0 Å². The molecule has 3 nitrogen and oxygen atoms in total. The summed E-state index contributed by atoms with van der Waals surface area (Å²) in [4.78, 5) is 16.8. The molecule has 0 bridgehead atoms. The SMILES string of the molecule is O=C(CCC(F)(F)F)N1CC=C(c2cccc(F)n2)CC1. The molecule has 2 rings (SSSR count). The molecule has 0 aliphatic carbocycles. The Kier molecular flexibility index (Phi) is 4.59. The molecule has 0 saturated heterocycles. The van der Waals surface area contributed by atoms with Gasteiger partial charge in [0, 0.05) is 19.5 Å². The highest BCUT2D eigenvalue weighted by Crippen LogP contribution is 2.24. The lowest BCUT2D eigenvalue weighted by Crippen LogP contribution is -2.35. The van der Waals surface area contributed by atoms with Crippen molar-refractivity contribution in [2.45, 2.75) is 25.4 Å². The average molecular weight is 302 g/mol. The smallest absolute Gasteiger partial charge is 0.339 e. The highest BCUT2D eigenvalue weighted by atomic mass is 19.4. The number of alkyl halides is 3. The van der Waals surface area contributed by atoms with Crippen LogP contribution in [0.25, 0.3) is 5.57 Å². The lowest BCUT2D eigenvalue weighted by molar-refractivity contribution is -0.148. The summed E-state index contributed by atoms with van der Waals surface area (Å²) in [5, 5.41) is 0. The van der Waals surface area contributed by atoms with E-state index in [9.17, 15) is 22.4 Å². The van der Waals surface area contributed by atoms with Crippen molar-refractivity contribution in [2.24, 2.45) is 0 Å². The van der Waals surface area contributed by atoms with E-state index in [-0.39, 0.29) is 6.54 Å². The summed E-state index contributed by atoms with van der Waals surface area (Å²) in [6.45, 7) is 0.547. The zero-order valence-electron chi connectivity index (χ0n) is 11.2. The van der Waals surface area contributed by atoms with E-state index >= 15 is 0 Å². The Morgan fingerprint density at radius 2 is 2.10 bits per heavy atom. The summed E-state index contributed by atoms with van der Waals surface area (Å²) >= 11 is 0. The second-order valence-corrected chi connectivity index (χ2v) is 4.78. The predicted molar refractivity (Wildman–Crippen MR) is 68.7 cm³/mol. The van der Waals surface area contributed by atoms with E-state index in [0.29, 0.717) is 18.7 Å². The third-order valence-corrected chi connectivity index (χ3v) is 3.23. The van der Waals surface area contributed by atoms with Gasteiger partial charge >= 0.3 is 6.18 Å². The largest absolute Gasteiger partial charge is 0.389 e. The summed E-state index contributed by atoms with van der Waals surface area (Å²) in [6, 6.07) is 4.44. The van der Waals surface area contributed by atoms with Crippen molar-refractivity contribution in [3.63, 3.8) is 0 Å². The van der Waals surface area contributed by atoms with Crippen LogP contribution in [0.4, 0.5) is 17.6 Å². The van der Waals surface area contributed by atoms with E-state index in [1.54, 1.807) is 18.2 Å². The molecule has 7 heteroatoms. The molecule has 114 valence electrons. The third kappa shape index (κ3) is 4.54. The van der Waals surface area contributed by atoms with Crippen LogP contribution in [0, 0.1) is 5.95 Å². The van der Waals surface area contributed by atoms with Gasteiger partial charge in [0.05, 0.1) is 12.1 Å². The maximum absolute atomic E-state index is 13.0. The van der Waals surface area contributed by atoms with Crippen LogP contribution in [-0.2, 0) is 4.79 Å². The van der Waals surface area contributed by atoms with Gasteiger partial charge in [-0.05, 0) is 24.1 Å². The standard InChI is InChI=1S/C14H14F4N2O/c15-12-3-1-2-11(19-12)10-5-8-20(9-6-10)13(21)4-7-14(16,17)18/h1-3,5H,4,6-9H2. The molecule has 0 N–H and O–H groups in total. The van der Waals surface area contributed by atoms with Crippen molar-refractivity contribution in [2.75, 3.05) is 13.1 Å². The molecule has 0 atom stereocenters. The predicted octanol–water partition coefficient (Wildman–Crippen LogP) is 3.18. The second kappa shape index (κ2) is 6.24. The molecular formula is C14H14F4N2O. The third-order valence-electron chi connectivity index (χ3n) is 3.23. The van der Waals surface area contributed by atoms with Crippen molar-refractivity contribution in [3.05, 3.63) is 35.9 Å². The zero-order chi connectivity index (χ0) is 15.5. The quantitative estimate of drug-likeness (QED) is 0.634. The number of hydrogen-bond donors (Lipinski definition) is 0. The molecule has 1 aliphatic heterocycles. The number of aromatic nitrogens is 1. The first-order chi connectivity index (χ1) is 9.85. The monoisotopic (exact) mass is 302 g/mol. The van der Waals surface area contributed by atoms with Gasteiger partial charge in [-0.3, -0.25) is 4.79 Å². The minimum atomic E-state index is -4.32. The Balaban J connectivity index is 1.94. The first kappa shape index (κ1) is 15.5. The Morgan fingerprint density at radius 3 is 2.67 bits per heavy atom. The van der Waals surface area contributed by atoms with Crippen molar-refractivity contribution in [3.8, 4) is 0 Å². The first-order valence-electron chi connectivity index (χ1n) is 6.51. The topological polar surface area (TPSA) is 33.2 Å². The van der Waals surface area contributed by atoms with Crippen LogP contribution in [0.15, 0.2) is 24.3 Å². The number of pyridine rings is 1. The highest BCUT2D eigenvalue weighted by molar-refractivity contribution is 5.78. The van der Waals surface area contributed by atoms with Gasteiger partial charge in [-0.1, -0.05) is 12.1 Å². The molecule has 1 amide bonds. The van der Waals surface area contributed by atoms with Gasteiger partial charge in [0.25, 0.3) is 0 Å². The van der Waals surface area contributed by atoms with Crippen LogP contribution in [0.1, 0.15) is 25.0 Å². The number of hydrogen-bond acceptors (Lipinski definition) is 2. The van der Waals surface area contributed by atoms with Crippen molar-refractivity contribution in [1.82, 2.24) is 9.88 Å². The van der Waals surface area contributed by atoms with E-state index in [1.165, 1.54) is 11.0 Å². The minimum absolute atomic E-state index is 0.226. The summed E-state index contributed by atoms with van der Waals surface area (Å²) in [5.74, 6) is -1.10. The first-order valence-corrected chi connectivity index (χ1v) is 6.51. The number of rotatable bonds is 3. The second-order valence-electron chi connectivity index (χ2n) is 4.78. The van der Waals surface area contributed by atoms with Gasteiger partial charge in [-0.15, -0.1) is 0 Å². The van der Waals surface area contributed by atoms with Crippen LogP contribution in [-0.4, -0.2) is 35.1 Å². The van der Waals surface area contributed by atoms with Gasteiger partial charge in [-0.2, -0.15) is 17.6 Å². The summed E-state index contributed by atoms with van der Waals surface area (Å²) in [6.07, 6.45) is -3.81. The molecule has 1 aromatic heterocycles. The highest BCUT2D eigenvalue weighted by Gasteiger charge is 2.29. The van der Waals surface area contributed by atoms with E-state index in [4.69, 9.17) is 0 Å². The molecule has 0 saturated carbocycles. The number of amides is 1. The fourth-order valence-corrected chi connectivity index (χ4v) is 2.12. The molecule has 0 spiro atoms. The fraction of sp³-hybridized carbons (Fsp3) is 0.429. The molecule has 0 unspecified atom stereocenters. The van der Waals surface area contributed by atoms with Crippen LogP contribution in [0.5, 0.6) is 0 Å². The Labute approximate surface area is 119 Å². The number of nitrogens with zero attached hydrogens (tertiary/aromatic N) is 2. The molecule has 1 aliphatic rings. The Bertz CT molecular complexity index is 554. The van der Waals surface area contributed by atoms with Gasteiger partial charge in [0.1, 0.15) is 0 Å². The lowest BCUT2D eigenvalue weighted by Gasteiger charge is -2.26. The van der Waals surface area contributed by atoms with E-state index in [1.807, 2.05) is 0 Å². The molecule has 21 heavy (non-hydrogen) atoms. The molecule has 0 aromatic carbocycles. The van der Waals surface area contributed by atoms with Crippen molar-refractivity contribution in [1.29, 1.82) is 0 Å². The molecule has 0 fully saturated rings. The minimum Gasteiger partial charge on any atom is -0.339 e. The van der Waals surface area contributed by atoms with Crippen LogP contribution in [0.2, 0.25) is 0 Å². The van der Waals surface area contributed by atoms with Gasteiger partial charge in [0.2, 0.25) is 11.9 Å². The van der Waals surface area contributed by atoms with E-state index in [2.05, 4.69) is 4.98 Å². The Hall–Kier alpha value is -1.92. The van der Waals surface area contributed by atoms with Gasteiger partial charge in [-0.25, -0.2) is 4.98 Å². The van der Waals surface area contributed by atoms with Crippen molar-refractivity contribution < 1.29 is 22.4 Å².